The summed E-state index contributed by atoms with van der Waals surface area (Å²) >= 11 is 0. The number of furan rings is 1. The van der Waals surface area contributed by atoms with Crippen LogP contribution in [0.25, 0.3) is 22.6 Å². The molecule has 9 heteroatoms. The van der Waals surface area contributed by atoms with Crippen molar-refractivity contribution in [3.05, 3.63) is 48.6 Å². The number of rotatable bonds is 7. The second kappa shape index (κ2) is 9.65. The highest BCUT2D eigenvalue weighted by Gasteiger charge is 2.25. The van der Waals surface area contributed by atoms with Crippen LogP contribution in [0.5, 0.6) is 0 Å². The molecule has 0 spiro atoms. The summed E-state index contributed by atoms with van der Waals surface area (Å²) in [5.74, 6) is 2.11. The van der Waals surface area contributed by atoms with Crippen LogP contribution >= 0.6 is 0 Å². The number of nitrogens with zero attached hydrogens (tertiary/aromatic N) is 5. The molecule has 0 bridgehead atoms. The van der Waals surface area contributed by atoms with Crippen LogP contribution in [0.1, 0.15) is 63.0 Å². The quantitative estimate of drug-likeness (QED) is 0.348. The lowest BCUT2D eigenvalue weighted by Gasteiger charge is -2.29. The smallest absolute Gasteiger partial charge is 0.227 e. The fraction of sp³-hybridized carbons (Fsp3) is 0.462. The van der Waals surface area contributed by atoms with Crippen LogP contribution in [-0.2, 0) is 6.54 Å². The standard InChI is InChI=1S/C26H32N8O/c27-19-8-3-4-9-20(19)31-26-32-24(23-25(33-26)34(16-30-23)18-6-1-2-7-18)29-15-17-11-12-21(28-14-17)22-10-5-13-35-22/h5,10-14,16,18-20H,1-4,6-9,15,27H2,(H2,29,31,32,33). The van der Waals surface area contributed by atoms with Gasteiger partial charge in [0.15, 0.2) is 22.7 Å². The fourth-order valence-electron chi connectivity index (χ4n) is 5.34. The summed E-state index contributed by atoms with van der Waals surface area (Å²) in [7, 11) is 0. The third kappa shape index (κ3) is 4.60. The zero-order chi connectivity index (χ0) is 23.6. The average Bonchev–Trinajstić information content (AvgIpc) is 3.66. The molecule has 2 saturated carbocycles. The van der Waals surface area contributed by atoms with Crippen LogP contribution in [-0.4, -0.2) is 36.6 Å². The number of imidazole rings is 1. The zero-order valence-electron chi connectivity index (χ0n) is 19.9. The predicted molar refractivity (Wildman–Crippen MR) is 136 cm³/mol. The summed E-state index contributed by atoms with van der Waals surface area (Å²) in [6, 6.07) is 8.55. The van der Waals surface area contributed by atoms with Crippen molar-refractivity contribution >= 4 is 22.9 Å². The molecule has 4 N–H and O–H groups in total. The molecule has 2 atom stereocenters. The van der Waals surface area contributed by atoms with Crippen LogP contribution in [0.15, 0.2) is 47.5 Å². The highest BCUT2D eigenvalue weighted by molar-refractivity contribution is 5.84. The normalized spacial score (nSPS) is 20.9. The van der Waals surface area contributed by atoms with Gasteiger partial charge in [0.2, 0.25) is 5.95 Å². The van der Waals surface area contributed by atoms with Crippen molar-refractivity contribution in [3.8, 4) is 11.5 Å². The number of hydrogen-bond acceptors (Lipinski definition) is 8. The van der Waals surface area contributed by atoms with Gasteiger partial charge in [-0.2, -0.15) is 9.97 Å². The van der Waals surface area contributed by atoms with E-state index in [9.17, 15) is 0 Å². The summed E-state index contributed by atoms with van der Waals surface area (Å²) in [6.07, 6.45) is 14.7. The Hall–Kier alpha value is -3.46. The van der Waals surface area contributed by atoms with E-state index in [-0.39, 0.29) is 12.1 Å². The number of pyridine rings is 1. The van der Waals surface area contributed by atoms with Crippen LogP contribution in [0.2, 0.25) is 0 Å². The lowest BCUT2D eigenvalue weighted by molar-refractivity contribution is 0.402. The third-order valence-electron chi connectivity index (χ3n) is 7.33. The highest BCUT2D eigenvalue weighted by atomic mass is 16.3. The molecular formula is C26H32N8O. The average molecular weight is 473 g/mol. The molecular weight excluding hydrogens is 440 g/mol. The van der Waals surface area contributed by atoms with E-state index < -0.39 is 0 Å². The Bertz CT molecular complexity index is 1260. The van der Waals surface area contributed by atoms with E-state index in [0.29, 0.717) is 18.5 Å². The van der Waals surface area contributed by atoms with Crippen molar-refractivity contribution in [1.29, 1.82) is 0 Å². The second-order valence-corrected chi connectivity index (χ2v) is 9.74. The maximum atomic E-state index is 6.40. The van der Waals surface area contributed by atoms with Crippen molar-refractivity contribution in [1.82, 2.24) is 24.5 Å². The maximum Gasteiger partial charge on any atom is 0.227 e. The predicted octanol–water partition coefficient (Wildman–Crippen LogP) is 4.89. The van der Waals surface area contributed by atoms with Crippen molar-refractivity contribution in [2.75, 3.05) is 10.6 Å². The molecule has 2 fully saturated rings. The van der Waals surface area contributed by atoms with Gasteiger partial charge < -0.3 is 25.4 Å². The Kier molecular flexibility index (Phi) is 6.08. The number of fused-ring (bicyclic) bond motifs is 1. The van der Waals surface area contributed by atoms with E-state index in [0.717, 1.165) is 46.8 Å². The van der Waals surface area contributed by atoms with Crippen molar-refractivity contribution < 1.29 is 4.42 Å². The van der Waals surface area contributed by atoms with Gasteiger partial charge in [0.05, 0.1) is 12.6 Å². The molecule has 9 nitrogen and oxygen atoms in total. The van der Waals surface area contributed by atoms with Crippen LogP contribution in [0, 0.1) is 0 Å². The van der Waals surface area contributed by atoms with Gasteiger partial charge in [-0.3, -0.25) is 4.98 Å². The second-order valence-electron chi connectivity index (χ2n) is 9.74. The summed E-state index contributed by atoms with van der Waals surface area (Å²) in [5.41, 5.74) is 9.95. The van der Waals surface area contributed by atoms with Gasteiger partial charge in [0.25, 0.3) is 0 Å². The molecule has 4 heterocycles. The molecule has 0 aliphatic heterocycles. The largest absolute Gasteiger partial charge is 0.463 e. The molecule has 0 aromatic carbocycles. The van der Waals surface area contributed by atoms with Gasteiger partial charge in [-0.1, -0.05) is 31.7 Å². The number of aromatic nitrogens is 5. The van der Waals surface area contributed by atoms with Crippen LogP contribution in [0.3, 0.4) is 0 Å². The molecule has 182 valence electrons. The molecule has 0 saturated heterocycles. The highest BCUT2D eigenvalue weighted by Crippen LogP contribution is 2.33. The van der Waals surface area contributed by atoms with Crippen molar-refractivity contribution in [2.24, 2.45) is 5.73 Å². The number of nitrogens with one attached hydrogen (secondary N) is 2. The van der Waals surface area contributed by atoms with E-state index in [1.54, 1.807) is 6.26 Å². The minimum Gasteiger partial charge on any atom is -0.463 e. The molecule has 0 amide bonds. The Morgan fingerprint density at radius 1 is 1.00 bits per heavy atom. The Morgan fingerprint density at radius 2 is 1.86 bits per heavy atom. The van der Waals surface area contributed by atoms with E-state index >= 15 is 0 Å². The van der Waals surface area contributed by atoms with Gasteiger partial charge in [-0.25, -0.2) is 4.98 Å². The third-order valence-corrected chi connectivity index (χ3v) is 7.33. The molecule has 2 aliphatic rings. The monoisotopic (exact) mass is 472 g/mol. The first-order chi connectivity index (χ1) is 17.2. The SMILES string of the molecule is NC1CCCCC1Nc1nc(NCc2ccc(-c3ccco3)nc2)c2ncn(C3CCCC3)c2n1. The van der Waals surface area contributed by atoms with Gasteiger partial charge in [-0.15, -0.1) is 0 Å². The maximum absolute atomic E-state index is 6.40. The molecule has 6 rings (SSSR count). The summed E-state index contributed by atoms with van der Waals surface area (Å²) in [6.45, 7) is 0.580. The minimum atomic E-state index is 0.123. The zero-order valence-corrected chi connectivity index (χ0v) is 19.9. The van der Waals surface area contributed by atoms with Crippen LogP contribution in [0.4, 0.5) is 11.8 Å². The Morgan fingerprint density at radius 3 is 2.63 bits per heavy atom. The summed E-state index contributed by atoms with van der Waals surface area (Å²) in [4.78, 5) is 19.0. The lowest BCUT2D eigenvalue weighted by atomic mass is 9.91. The van der Waals surface area contributed by atoms with E-state index in [2.05, 4.69) is 20.2 Å². The molecule has 2 aliphatic carbocycles. The number of nitrogens with two attached hydrogens (primary N) is 1. The van der Waals surface area contributed by atoms with Gasteiger partial charge in [0.1, 0.15) is 5.69 Å². The van der Waals surface area contributed by atoms with Gasteiger partial charge in [0, 0.05) is 30.9 Å². The topological polar surface area (TPSA) is 120 Å². The summed E-state index contributed by atoms with van der Waals surface area (Å²) in [5, 5.41) is 7.03. The molecule has 0 radical (unpaired) electrons. The van der Waals surface area contributed by atoms with Crippen LogP contribution < -0.4 is 16.4 Å². The van der Waals surface area contributed by atoms with E-state index in [1.165, 1.54) is 38.5 Å². The Labute approximate surface area is 204 Å². The molecule has 35 heavy (non-hydrogen) atoms. The van der Waals surface area contributed by atoms with Gasteiger partial charge >= 0.3 is 0 Å². The molecule has 2 unspecified atom stereocenters. The number of anilines is 2. The first-order valence-corrected chi connectivity index (χ1v) is 12.7. The minimum absolute atomic E-state index is 0.123. The van der Waals surface area contributed by atoms with Gasteiger partial charge in [-0.05, 0) is 49.4 Å². The first-order valence-electron chi connectivity index (χ1n) is 12.7. The molecule has 4 aromatic rings. The van der Waals surface area contributed by atoms with E-state index in [1.807, 2.05) is 36.8 Å². The lowest BCUT2D eigenvalue weighted by Crippen LogP contribution is -2.43. The molecule has 4 aromatic heterocycles. The fourth-order valence-corrected chi connectivity index (χ4v) is 5.34. The van der Waals surface area contributed by atoms with E-state index in [4.69, 9.17) is 25.1 Å². The Balaban J connectivity index is 1.27. The number of hydrogen-bond donors (Lipinski definition) is 3. The summed E-state index contributed by atoms with van der Waals surface area (Å²) < 4.78 is 7.68. The van der Waals surface area contributed by atoms with Crippen molar-refractivity contribution in [3.63, 3.8) is 0 Å². The first kappa shape index (κ1) is 22.0. The van der Waals surface area contributed by atoms with Crippen molar-refractivity contribution in [2.45, 2.75) is 76.0 Å².